The highest BCUT2D eigenvalue weighted by atomic mass is 16.5. The summed E-state index contributed by atoms with van der Waals surface area (Å²) in [7, 11) is 1.37. The fourth-order valence-corrected chi connectivity index (χ4v) is 2.99. The fraction of sp³-hybridized carbons (Fsp3) is 0.667. The van der Waals surface area contributed by atoms with Gasteiger partial charge in [0.1, 0.15) is 0 Å². The lowest BCUT2D eigenvalue weighted by Crippen LogP contribution is -2.31. The largest absolute Gasteiger partial charge is 0.463 e. The Balaban J connectivity index is 1.89. The lowest BCUT2D eigenvalue weighted by molar-refractivity contribution is 0.0563. The van der Waals surface area contributed by atoms with Crippen LogP contribution in [-0.4, -0.2) is 19.6 Å². The van der Waals surface area contributed by atoms with Crippen LogP contribution < -0.4 is 5.32 Å². The molecule has 1 aliphatic rings. The van der Waals surface area contributed by atoms with Crippen molar-refractivity contribution in [2.45, 2.75) is 45.6 Å². The normalized spacial score (nSPS) is 17.6. The quantitative estimate of drug-likeness (QED) is 0.803. The second-order valence-corrected chi connectivity index (χ2v) is 5.43. The Morgan fingerprint density at radius 1 is 1.47 bits per heavy atom. The molecule has 4 nitrogen and oxygen atoms in total. The van der Waals surface area contributed by atoms with E-state index in [0.29, 0.717) is 17.7 Å². The SMILES string of the molecule is CCC1(CNCc2ccoc2C(=O)OC)CCCC1. The van der Waals surface area contributed by atoms with Crippen molar-refractivity contribution in [3.63, 3.8) is 0 Å². The van der Waals surface area contributed by atoms with E-state index in [-0.39, 0.29) is 0 Å². The maximum atomic E-state index is 11.5. The monoisotopic (exact) mass is 265 g/mol. The highest BCUT2D eigenvalue weighted by Gasteiger charge is 2.31. The van der Waals surface area contributed by atoms with Gasteiger partial charge in [0.25, 0.3) is 0 Å². The maximum absolute atomic E-state index is 11.5. The van der Waals surface area contributed by atoms with Gasteiger partial charge in [-0.2, -0.15) is 0 Å². The topological polar surface area (TPSA) is 51.5 Å². The minimum Gasteiger partial charge on any atom is -0.463 e. The van der Waals surface area contributed by atoms with Gasteiger partial charge in [-0.15, -0.1) is 0 Å². The number of carbonyl (C=O) groups excluding carboxylic acids is 1. The number of rotatable bonds is 6. The van der Waals surface area contributed by atoms with E-state index in [9.17, 15) is 4.79 Å². The first-order chi connectivity index (χ1) is 9.21. The van der Waals surface area contributed by atoms with Crippen molar-refractivity contribution in [3.8, 4) is 0 Å². The molecule has 0 spiro atoms. The van der Waals surface area contributed by atoms with Crippen LogP contribution in [0.5, 0.6) is 0 Å². The van der Waals surface area contributed by atoms with E-state index in [1.54, 1.807) is 0 Å². The Hall–Kier alpha value is -1.29. The van der Waals surface area contributed by atoms with E-state index < -0.39 is 5.97 Å². The Labute approximate surface area is 114 Å². The van der Waals surface area contributed by atoms with Crippen LogP contribution in [0.4, 0.5) is 0 Å². The van der Waals surface area contributed by atoms with Gasteiger partial charge in [0.2, 0.25) is 5.76 Å². The molecule has 0 atom stereocenters. The zero-order valence-corrected chi connectivity index (χ0v) is 11.8. The van der Waals surface area contributed by atoms with E-state index in [0.717, 1.165) is 12.1 Å². The van der Waals surface area contributed by atoms with Crippen LogP contribution in [0, 0.1) is 5.41 Å². The molecule has 1 aromatic heterocycles. The molecule has 1 saturated carbocycles. The number of carbonyl (C=O) groups is 1. The van der Waals surface area contributed by atoms with Gasteiger partial charge in [0, 0.05) is 18.7 Å². The zero-order valence-electron chi connectivity index (χ0n) is 11.8. The molecule has 0 saturated heterocycles. The van der Waals surface area contributed by atoms with Gasteiger partial charge >= 0.3 is 5.97 Å². The summed E-state index contributed by atoms with van der Waals surface area (Å²) in [6.45, 7) is 3.93. The first-order valence-electron chi connectivity index (χ1n) is 7.06. The van der Waals surface area contributed by atoms with Crippen molar-refractivity contribution in [1.29, 1.82) is 0 Å². The van der Waals surface area contributed by atoms with Gasteiger partial charge in [-0.1, -0.05) is 19.8 Å². The molecule has 106 valence electrons. The maximum Gasteiger partial charge on any atom is 0.374 e. The summed E-state index contributed by atoms with van der Waals surface area (Å²) < 4.78 is 9.87. The highest BCUT2D eigenvalue weighted by molar-refractivity contribution is 5.87. The summed E-state index contributed by atoms with van der Waals surface area (Å²) in [6.07, 6.45) is 8.06. The van der Waals surface area contributed by atoms with Crippen LogP contribution in [0.15, 0.2) is 16.7 Å². The van der Waals surface area contributed by atoms with Crippen LogP contribution in [0.25, 0.3) is 0 Å². The average molecular weight is 265 g/mol. The van der Waals surface area contributed by atoms with E-state index in [4.69, 9.17) is 9.15 Å². The summed E-state index contributed by atoms with van der Waals surface area (Å²) in [6, 6.07) is 1.83. The Morgan fingerprint density at radius 3 is 2.84 bits per heavy atom. The summed E-state index contributed by atoms with van der Waals surface area (Å²) in [5.41, 5.74) is 1.32. The highest BCUT2D eigenvalue weighted by Crippen LogP contribution is 2.40. The van der Waals surface area contributed by atoms with Crippen molar-refractivity contribution in [2.24, 2.45) is 5.41 Å². The van der Waals surface area contributed by atoms with E-state index in [1.165, 1.54) is 45.5 Å². The molecule has 0 unspecified atom stereocenters. The third-order valence-corrected chi connectivity index (χ3v) is 4.35. The van der Waals surface area contributed by atoms with Gasteiger partial charge in [0.15, 0.2) is 0 Å². The van der Waals surface area contributed by atoms with Crippen molar-refractivity contribution in [2.75, 3.05) is 13.7 Å². The van der Waals surface area contributed by atoms with E-state index in [2.05, 4.69) is 12.2 Å². The third kappa shape index (κ3) is 3.18. The summed E-state index contributed by atoms with van der Waals surface area (Å²) in [5.74, 6) is -0.0974. The minimum atomic E-state index is -0.409. The smallest absolute Gasteiger partial charge is 0.374 e. The zero-order chi connectivity index (χ0) is 13.7. The van der Waals surface area contributed by atoms with Gasteiger partial charge in [-0.25, -0.2) is 4.79 Å². The summed E-state index contributed by atoms with van der Waals surface area (Å²) in [4.78, 5) is 11.5. The van der Waals surface area contributed by atoms with Crippen molar-refractivity contribution in [3.05, 3.63) is 23.7 Å². The fourth-order valence-electron chi connectivity index (χ4n) is 2.99. The number of hydrogen-bond acceptors (Lipinski definition) is 4. The van der Waals surface area contributed by atoms with Crippen LogP contribution in [0.2, 0.25) is 0 Å². The molecule has 4 heteroatoms. The molecule has 0 amide bonds. The number of nitrogens with one attached hydrogen (secondary N) is 1. The predicted octanol–water partition coefficient (Wildman–Crippen LogP) is 3.13. The minimum absolute atomic E-state index is 0.312. The lowest BCUT2D eigenvalue weighted by atomic mass is 9.83. The number of esters is 1. The van der Waals surface area contributed by atoms with E-state index >= 15 is 0 Å². The third-order valence-electron chi connectivity index (χ3n) is 4.35. The number of methoxy groups -OCH3 is 1. The Bertz CT molecular complexity index is 419. The van der Waals surface area contributed by atoms with Gasteiger partial charge in [0.05, 0.1) is 13.4 Å². The van der Waals surface area contributed by atoms with Crippen LogP contribution >= 0.6 is 0 Å². The average Bonchev–Trinajstić information content (AvgIpc) is 3.07. The van der Waals surface area contributed by atoms with Gasteiger partial charge in [-0.3, -0.25) is 0 Å². The molecule has 1 aromatic rings. The molecule has 1 heterocycles. The standard InChI is InChI=1S/C15H23NO3/c1-3-15(7-4-5-8-15)11-16-10-12-6-9-19-13(12)14(17)18-2/h6,9,16H,3-5,7-8,10-11H2,1-2H3. The molecule has 1 aliphatic carbocycles. The Kier molecular flexibility index (Phi) is 4.64. The number of hydrogen-bond donors (Lipinski definition) is 1. The number of furan rings is 1. The predicted molar refractivity (Wildman–Crippen MR) is 72.9 cm³/mol. The first kappa shape index (κ1) is 14.1. The van der Waals surface area contributed by atoms with Crippen molar-refractivity contribution in [1.82, 2.24) is 5.32 Å². The van der Waals surface area contributed by atoms with Crippen LogP contribution in [0.3, 0.4) is 0 Å². The number of ether oxygens (including phenoxy) is 1. The summed E-state index contributed by atoms with van der Waals surface area (Å²) >= 11 is 0. The van der Waals surface area contributed by atoms with Gasteiger partial charge < -0.3 is 14.5 Å². The lowest BCUT2D eigenvalue weighted by Gasteiger charge is -2.27. The molecule has 0 aromatic carbocycles. The molecule has 0 bridgehead atoms. The second-order valence-electron chi connectivity index (χ2n) is 5.43. The van der Waals surface area contributed by atoms with Crippen LogP contribution in [-0.2, 0) is 11.3 Å². The molecule has 0 aliphatic heterocycles. The van der Waals surface area contributed by atoms with Crippen molar-refractivity contribution < 1.29 is 13.9 Å². The van der Waals surface area contributed by atoms with Crippen molar-refractivity contribution >= 4 is 5.97 Å². The molecular weight excluding hydrogens is 242 g/mol. The molecule has 1 N–H and O–H groups in total. The molecule has 1 fully saturated rings. The first-order valence-corrected chi connectivity index (χ1v) is 7.06. The molecule has 0 radical (unpaired) electrons. The molecular formula is C15H23NO3. The Morgan fingerprint density at radius 2 is 2.21 bits per heavy atom. The molecule has 19 heavy (non-hydrogen) atoms. The van der Waals surface area contributed by atoms with Crippen LogP contribution in [0.1, 0.15) is 55.1 Å². The van der Waals surface area contributed by atoms with Gasteiger partial charge in [-0.05, 0) is 30.7 Å². The second kappa shape index (κ2) is 6.24. The molecule has 2 rings (SSSR count). The summed E-state index contributed by atoms with van der Waals surface area (Å²) in [5, 5.41) is 3.47. The van der Waals surface area contributed by atoms with E-state index in [1.807, 2.05) is 6.07 Å².